The number of aryl methyl sites for hydroxylation is 1. The third-order valence-corrected chi connectivity index (χ3v) is 4.48. The van der Waals surface area contributed by atoms with E-state index in [2.05, 4.69) is 4.99 Å². The summed E-state index contributed by atoms with van der Waals surface area (Å²) in [7, 11) is 1.95. The maximum absolute atomic E-state index is 13.7. The van der Waals surface area contributed by atoms with Crippen LogP contribution in [0, 0.1) is 26.6 Å². The van der Waals surface area contributed by atoms with E-state index in [0.29, 0.717) is 11.1 Å². The Hall–Kier alpha value is -2.69. The Labute approximate surface area is 154 Å². The van der Waals surface area contributed by atoms with Crippen molar-refractivity contribution in [2.75, 3.05) is 13.6 Å². The van der Waals surface area contributed by atoms with Crippen molar-refractivity contribution in [3.63, 3.8) is 0 Å². The number of rotatable bonds is 6. The van der Waals surface area contributed by atoms with Crippen molar-refractivity contribution in [2.45, 2.75) is 34.3 Å². The molecule has 0 saturated carbocycles. The quantitative estimate of drug-likeness (QED) is 0.427. The summed E-state index contributed by atoms with van der Waals surface area (Å²) in [5.41, 5.74) is 4.35. The van der Waals surface area contributed by atoms with Gasteiger partial charge in [-0.2, -0.15) is 0 Å². The summed E-state index contributed by atoms with van der Waals surface area (Å²) in [5.74, 6) is -0.840. The van der Waals surface area contributed by atoms with E-state index in [0.717, 1.165) is 28.9 Å². The number of esters is 1. The summed E-state index contributed by atoms with van der Waals surface area (Å²) in [6.07, 6.45) is 1.78. The summed E-state index contributed by atoms with van der Waals surface area (Å²) in [6, 6.07) is 8.06. The topological polar surface area (TPSA) is 41.9 Å². The number of benzene rings is 2. The van der Waals surface area contributed by atoms with Gasteiger partial charge < -0.3 is 9.64 Å². The van der Waals surface area contributed by atoms with Gasteiger partial charge in [0.15, 0.2) is 0 Å². The average Bonchev–Trinajstić information content (AvgIpc) is 2.63. The highest BCUT2D eigenvalue weighted by molar-refractivity contribution is 5.93. The van der Waals surface area contributed by atoms with E-state index in [-0.39, 0.29) is 12.4 Å². The number of hydrogen-bond donors (Lipinski definition) is 0. The Bertz CT molecular complexity index is 831. The summed E-state index contributed by atoms with van der Waals surface area (Å²) in [4.78, 5) is 19.0. The fourth-order valence-corrected chi connectivity index (χ4v) is 2.55. The zero-order chi connectivity index (χ0) is 19.3. The molecule has 0 spiro atoms. The van der Waals surface area contributed by atoms with Crippen molar-refractivity contribution in [1.29, 1.82) is 0 Å². The molecule has 5 heteroatoms. The molecular formula is C21H25FN2O2. The van der Waals surface area contributed by atoms with Crippen LogP contribution in [0.25, 0.3) is 0 Å². The van der Waals surface area contributed by atoms with Gasteiger partial charge in [-0.1, -0.05) is 18.2 Å². The summed E-state index contributed by atoms with van der Waals surface area (Å²) in [6.45, 7) is 8.54. The Kier molecular flexibility index (Phi) is 6.50. The number of ether oxygens (including phenoxy) is 1. The van der Waals surface area contributed by atoms with Crippen molar-refractivity contribution in [3.8, 4) is 0 Å². The second-order valence-electron chi connectivity index (χ2n) is 6.32. The summed E-state index contributed by atoms with van der Waals surface area (Å²) >= 11 is 0. The van der Waals surface area contributed by atoms with E-state index < -0.39 is 5.97 Å². The van der Waals surface area contributed by atoms with Crippen LogP contribution in [0.2, 0.25) is 0 Å². The second-order valence-corrected chi connectivity index (χ2v) is 6.32. The SMILES string of the molecule is CCN(C)/C=N/c1c(C)cc(C(=O)OCc2ccccc2F)c(C)c1C. The monoisotopic (exact) mass is 356 g/mol. The minimum atomic E-state index is -0.460. The molecule has 2 aromatic rings. The van der Waals surface area contributed by atoms with Crippen LogP contribution in [0.5, 0.6) is 0 Å². The molecule has 138 valence electrons. The predicted molar refractivity (Wildman–Crippen MR) is 103 cm³/mol. The van der Waals surface area contributed by atoms with Crippen LogP contribution in [-0.4, -0.2) is 30.8 Å². The largest absolute Gasteiger partial charge is 0.457 e. The van der Waals surface area contributed by atoms with Gasteiger partial charge in [-0.25, -0.2) is 14.2 Å². The molecule has 0 unspecified atom stereocenters. The predicted octanol–water partition coefficient (Wildman–Crippen LogP) is 4.72. The number of hydrogen-bond acceptors (Lipinski definition) is 3. The van der Waals surface area contributed by atoms with E-state index in [9.17, 15) is 9.18 Å². The molecule has 0 N–H and O–H groups in total. The van der Waals surface area contributed by atoms with Gasteiger partial charge in [-0.05, 0) is 56.5 Å². The van der Waals surface area contributed by atoms with Crippen molar-refractivity contribution in [1.82, 2.24) is 4.90 Å². The van der Waals surface area contributed by atoms with E-state index in [1.54, 1.807) is 30.6 Å². The maximum Gasteiger partial charge on any atom is 0.338 e. The molecule has 0 bridgehead atoms. The standard InChI is InChI=1S/C21H25FN2O2/c1-6-24(5)13-23-20-14(2)11-18(15(3)16(20)4)21(25)26-12-17-9-7-8-10-19(17)22/h7-11,13H,6,12H2,1-5H3/b23-13+. The maximum atomic E-state index is 13.7. The molecule has 0 atom stereocenters. The Morgan fingerprint density at radius 1 is 1.23 bits per heavy atom. The molecule has 0 aliphatic carbocycles. The lowest BCUT2D eigenvalue weighted by Gasteiger charge is -2.15. The van der Waals surface area contributed by atoms with Gasteiger partial charge in [0, 0.05) is 19.2 Å². The van der Waals surface area contributed by atoms with Gasteiger partial charge in [0.05, 0.1) is 17.6 Å². The minimum absolute atomic E-state index is 0.0930. The first-order valence-electron chi connectivity index (χ1n) is 8.60. The van der Waals surface area contributed by atoms with E-state index in [4.69, 9.17) is 4.74 Å². The molecule has 0 heterocycles. The van der Waals surface area contributed by atoms with Gasteiger partial charge in [-0.15, -0.1) is 0 Å². The third-order valence-electron chi connectivity index (χ3n) is 4.48. The smallest absolute Gasteiger partial charge is 0.338 e. The first kappa shape index (κ1) is 19.6. The molecule has 0 amide bonds. The number of carbonyl (C=O) groups is 1. The van der Waals surface area contributed by atoms with Crippen molar-refractivity contribution >= 4 is 18.0 Å². The highest BCUT2D eigenvalue weighted by Crippen LogP contribution is 2.29. The number of halogens is 1. The van der Waals surface area contributed by atoms with E-state index in [1.807, 2.05) is 39.6 Å². The molecule has 4 nitrogen and oxygen atoms in total. The number of nitrogens with zero attached hydrogens (tertiary/aromatic N) is 2. The molecule has 2 rings (SSSR count). The zero-order valence-corrected chi connectivity index (χ0v) is 16.0. The highest BCUT2D eigenvalue weighted by Gasteiger charge is 2.17. The van der Waals surface area contributed by atoms with Gasteiger partial charge >= 0.3 is 5.97 Å². The van der Waals surface area contributed by atoms with Gasteiger partial charge in [-0.3, -0.25) is 0 Å². The fourth-order valence-electron chi connectivity index (χ4n) is 2.55. The minimum Gasteiger partial charge on any atom is -0.457 e. The Balaban J connectivity index is 2.23. The van der Waals surface area contributed by atoms with Gasteiger partial charge in [0.2, 0.25) is 0 Å². The van der Waals surface area contributed by atoms with Crippen molar-refractivity contribution in [3.05, 3.63) is 64.0 Å². The molecule has 0 aliphatic heterocycles. The van der Waals surface area contributed by atoms with Crippen LogP contribution in [0.1, 0.15) is 39.5 Å². The van der Waals surface area contributed by atoms with E-state index >= 15 is 0 Å². The van der Waals surface area contributed by atoms with Crippen LogP contribution in [0.4, 0.5) is 10.1 Å². The Morgan fingerprint density at radius 2 is 1.92 bits per heavy atom. The van der Waals surface area contributed by atoms with Crippen LogP contribution in [0.15, 0.2) is 35.3 Å². The lowest BCUT2D eigenvalue weighted by Crippen LogP contribution is -2.14. The highest BCUT2D eigenvalue weighted by atomic mass is 19.1. The normalized spacial score (nSPS) is 11.0. The van der Waals surface area contributed by atoms with Crippen LogP contribution >= 0.6 is 0 Å². The van der Waals surface area contributed by atoms with Gasteiger partial charge in [0.25, 0.3) is 0 Å². The first-order valence-corrected chi connectivity index (χ1v) is 8.60. The van der Waals surface area contributed by atoms with Crippen molar-refractivity contribution < 1.29 is 13.9 Å². The van der Waals surface area contributed by atoms with Crippen LogP contribution in [-0.2, 0) is 11.3 Å². The third kappa shape index (κ3) is 4.48. The summed E-state index contributed by atoms with van der Waals surface area (Å²) < 4.78 is 19.0. The lowest BCUT2D eigenvalue weighted by molar-refractivity contribution is 0.0468. The molecule has 26 heavy (non-hydrogen) atoms. The first-order chi connectivity index (χ1) is 12.3. The molecule has 0 fully saturated rings. The Morgan fingerprint density at radius 3 is 2.58 bits per heavy atom. The van der Waals surface area contributed by atoms with Crippen LogP contribution < -0.4 is 0 Å². The van der Waals surface area contributed by atoms with Gasteiger partial charge in [0.1, 0.15) is 12.4 Å². The fraction of sp³-hybridized carbons (Fsp3) is 0.333. The van der Waals surface area contributed by atoms with Crippen molar-refractivity contribution in [2.24, 2.45) is 4.99 Å². The molecule has 2 aromatic carbocycles. The second kappa shape index (κ2) is 8.61. The molecule has 0 aliphatic rings. The molecule has 0 saturated heterocycles. The lowest BCUT2D eigenvalue weighted by atomic mass is 9.97. The van der Waals surface area contributed by atoms with E-state index in [1.165, 1.54) is 6.07 Å². The molecular weight excluding hydrogens is 331 g/mol. The summed E-state index contributed by atoms with van der Waals surface area (Å²) in [5, 5.41) is 0. The molecule has 0 aromatic heterocycles. The number of aliphatic imine (C=N–C) groups is 1. The zero-order valence-electron chi connectivity index (χ0n) is 16.0. The average molecular weight is 356 g/mol. The molecule has 0 radical (unpaired) electrons. The van der Waals surface area contributed by atoms with Crippen LogP contribution in [0.3, 0.4) is 0 Å². The number of carbonyl (C=O) groups excluding carboxylic acids is 1.